The molecule has 0 aliphatic heterocycles. The quantitative estimate of drug-likeness (QED) is 0.571. The van der Waals surface area contributed by atoms with Crippen LogP contribution in [0.4, 0.5) is 0 Å². The van der Waals surface area contributed by atoms with Gasteiger partial charge in [-0.05, 0) is 90.6 Å². The lowest BCUT2D eigenvalue weighted by atomic mass is 9.51. The first-order chi connectivity index (χ1) is 16.0. The van der Waals surface area contributed by atoms with Crippen LogP contribution in [0.1, 0.15) is 44.1 Å². The van der Waals surface area contributed by atoms with Crippen molar-refractivity contribution in [2.75, 3.05) is 7.11 Å². The monoisotopic (exact) mass is 447 g/mol. The van der Waals surface area contributed by atoms with E-state index in [2.05, 4.69) is 20.8 Å². The maximum Gasteiger partial charge on any atom is 0.346 e. The summed E-state index contributed by atoms with van der Waals surface area (Å²) in [5.41, 5.74) is 1.52. The molecular weight excluding hydrogens is 418 g/mol. The molecule has 3 aromatic rings. The molecule has 4 saturated carbocycles. The molecule has 1 aromatic heterocycles. The van der Waals surface area contributed by atoms with Crippen LogP contribution in [0, 0.1) is 11.8 Å². The number of nitrogens with one attached hydrogen (secondary N) is 1. The van der Waals surface area contributed by atoms with Gasteiger partial charge in [0.2, 0.25) is 0 Å². The molecule has 2 unspecified atom stereocenters. The topological polar surface area (TPSA) is 94.3 Å². The number of benzene rings is 2. The molecular formula is C25H29N5O3. The van der Waals surface area contributed by atoms with Crippen LogP contribution in [-0.2, 0) is 6.54 Å². The van der Waals surface area contributed by atoms with Gasteiger partial charge in [0.05, 0.1) is 18.4 Å². The zero-order valence-corrected chi connectivity index (χ0v) is 18.8. The minimum atomic E-state index is -0.463. The molecule has 33 heavy (non-hydrogen) atoms. The summed E-state index contributed by atoms with van der Waals surface area (Å²) in [5.74, 6) is 2.49. The van der Waals surface area contributed by atoms with Crippen molar-refractivity contribution in [3.8, 4) is 23.2 Å². The molecule has 1 heterocycles. The van der Waals surface area contributed by atoms with Crippen LogP contribution in [0.25, 0.3) is 5.69 Å². The molecule has 0 amide bonds. The molecule has 0 radical (unpaired) electrons. The Morgan fingerprint density at radius 1 is 1.06 bits per heavy atom. The summed E-state index contributed by atoms with van der Waals surface area (Å²) in [6.07, 6.45) is 6.46. The smallest absolute Gasteiger partial charge is 0.346 e. The van der Waals surface area contributed by atoms with Crippen LogP contribution >= 0.6 is 0 Å². The molecule has 2 atom stereocenters. The summed E-state index contributed by atoms with van der Waals surface area (Å²) >= 11 is 0. The van der Waals surface area contributed by atoms with Crippen molar-refractivity contribution < 1.29 is 14.6 Å². The van der Waals surface area contributed by atoms with Gasteiger partial charge in [-0.25, -0.2) is 0 Å². The van der Waals surface area contributed by atoms with Crippen LogP contribution in [0.15, 0.2) is 48.5 Å². The summed E-state index contributed by atoms with van der Waals surface area (Å²) in [5, 5.41) is 26.7. The van der Waals surface area contributed by atoms with Gasteiger partial charge < -0.3 is 19.9 Å². The van der Waals surface area contributed by atoms with Gasteiger partial charge in [0.15, 0.2) is 11.5 Å². The number of rotatable bonds is 7. The van der Waals surface area contributed by atoms with Gasteiger partial charge in [-0.15, -0.1) is 0 Å². The third kappa shape index (κ3) is 3.87. The Labute approximate surface area is 192 Å². The van der Waals surface area contributed by atoms with Gasteiger partial charge in [0.1, 0.15) is 0 Å². The summed E-state index contributed by atoms with van der Waals surface area (Å²) in [6, 6.07) is 15.8. The Morgan fingerprint density at radius 2 is 1.85 bits per heavy atom. The van der Waals surface area contributed by atoms with Gasteiger partial charge >= 0.3 is 6.01 Å². The van der Waals surface area contributed by atoms with E-state index in [1.165, 1.54) is 19.3 Å². The van der Waals surface area contributed by atoms with Crippen molar-refractivity contribution in [1.82, 2.24) is 25.5 Å². The Balaban J connectivity index is 1.18. The number of nitrogens with zero attached hydrogens (tertiary/aromatic N) is 4. The predicted molar refractivity (Wildman–Crippen MR) is 121 cm³/mol. The first-order valence-corrected chi connectivity index (χ1v) is 11.7. The van der Waals surface area contributed by atoms with E-state index in [1.54, 1.807) is 11.8 Å². The first kappa shape index (κ1) is 20.6. The van der Waals surface area contributed by atoms with Gasteiger partial charge in [-0.3, -0.25) is 0 Å². The third-order valence-electron chi connectivity index (χ3n) is 7.57. The molecule has 0 saturated heterocycles. The Morgan fingerprint density at radius 3 is 2.58 bits per heavy atom. The van der Waals surface area contributed by atoms with Crippen molar-refractivity contribution in [2.24, 2.45) is 11.8 Å². The normalized spacial score (nSPS) is 29.9. The van der Waals surface area contributed by atoms with E-state index in [9.17, 15) is 5.11 Å². The number of ether oxygens (including phenoxy) is 2. The van der Waals surface area contributed by atoms with Crippen molar-refractivity contribution >= 4 is 0 Å². The number of aliphatic hydroxyl groups is 1. The molecule has 8 nitrogen and oxygen atoms in total. The Bertz CT molecular complexity index is 1130. The van der Waals surface area contributed by atoms with E-state index < -0.39 is 5.60 Å². The van der Waals surface area contributed by atoms with E-state index in [0.717, 1.165) is 37.1 Å². The molecule has 4 fully saturated rings. The van der Waals surface area contributed by atoms with E-state index in [4.69, 9.17) is 9.47 Å². The number of methoxy groups -OCH3 is 1. The Hall–Kier alpha value is -2.97. The number of tetrazole rings is 1. The fraction of sp³-hybridized carbons (Fsp3) is 0.480. The predicted octanol–water partition coefficient (Wildman–Crippen LogP) is 3.64. The zero-order chi connectivity index (χ0) is 22.5. The lowest BCUT2D eigenvalue weighted by Gasteiger charge is -2.60. The second-order valence-corrected chi connectivity index (χ2v) is 10.1. The Kier molecular flexibility index (Phi) is 4.88. The van der Waals surface area contributed by atoms with Crippen molar-refractivity contribution in [1.29, 1.82) is 0 Å². The van der Waals surface area contributed by atoms with Crippen LogP contribution in [0.3, 0.4) is 0 Å². The molecule has 0 spiro atoms. The largest absolute Gasteiger partial charge is 0.493 e. The minimum Gasteiger partial charge on any atom is -0.493 e. The van der Waals surface area contributed by atoms with Crippen LogP contribution in [-0.4, -0.2) is 43.6 Å². The van der Waals surface area contributed by atoms with Gasteiger partial charge in [0.25, 0.3) is 0 Å². The molecule has 172 valence electrons. The molecule has 7 rings (SSSR count). The van der Waals surface area contributed by atoms with Crippen molar-refractivity contribution in [3.63, 3.8) is 0 Å². The lowest BCUT2D eigenvalue weighted by molar-refractivity contribution is -0.142. The van der Waals surface area contributed by atoms with Crippen molar-refractivity contribution in [2.45, 2.75) is 56.2 Å². The van der Waals surface area contributed by atoms with Crippen LogP contribution < -0.4 is 14.8 Å². The second-order valence-electron chi connectivity index (χ2n) is 10.1. The van der Waals surface area contributed by atoms with Crippen LogP contribution in [0.5, 0.6) is 17.5 Å². The van der Waals surface area contributed by atoms with Gasteiger partial charge in [0, 0.05) is 12.1 Å². The number of hydrogen-bond donors (Lipinski definition) is 2. The lowest BCUT2D eigenvalue weighted by Crippen LogP contribution is -2.64. The average molecular weight is 448 g/mol. The first-order valence-electron chi connectivity index (χ1n) is 11.7. The second kappa shape index (κ2) is 7.81. The molecule has 2 N–H and O–H groups in total. The van der Waals surface area contributed by atoms with Crippen LogP contribution in [0.2, 0.25) is 0 Å². The zero-order valence-electron chi connectivity index (χ0n) is 18.8. The maximum absolute atomic E-state index is 11.0. The highest BCUT2D eigenvalue weighted by atomic mass is 16.5. The fourth-order valence-electron chi connectivity index (χ4n) is 6.69. The van der Waals surface area contributed by atoms with E-state index >= 15 is 0 Å². The summed E-state index contributed by atoms with van der Waals surface area (Å²) in [6.45, 7) is 0.730. The highest BCUT2D eigenvalue weighted by Gasteiger charge is 2.56. The molecule has 2 aromatic carbocycles. The molecule has 8 heteroatoms. The molecule has 4 aliphatic carbocycles. The highest BCUT2D eigenvalue weighted by molar-refractivity contribution is 5.45. The fourth-order valence-corrected chi connectivity index (χ4v) is 6.69. The number of para-hydroxylation sites is 1. The SMILES string of the molecule is COc1cc(CNC23CC4CC(CC(O)(C4)C2)C3)ccc1Oc1nnnn1-c1ccccc1. The maximum atomic E-state index is 11.0. The number of hydrogen-bond acceptors (Lipinski definition) is 7. The van der Waals surface area contributed by atoms with Gasteiger partial charge in [-0.2, -0.15) is 4.68 Å². The number of aromatic nitrogens is 4. The molecule has 4 aliphatic rings. The van der Waals surface area contributed by atoms with E-state index in [1.807, 2.05) is 48.5 Å². The van der Waals surface area contributed by atoms with Gasteiger partial charge in [-0.1, -0.05) is 29.4 Å². The van der Waals surface area contributed by atoms with E-state index in [0.29, 0.717) is 23.3 Å². The summed E-state index contributed by atoms with van der Waals surface area (Å²) in [7, 11) is 1.63. The average Bonchev–Trinajstić information content (AvgIpc) is 3.25. The van der Waals surface area contributed by atoms with E-state index in [-0.39, 0.29) is 11.5 Å². The summed E-state index contributed by atoms with van der Waals surface area (Å²) < 4.78 is 13.2. The summed E-state index contributed by atoms with van der Waals surface area (Å²) in [4.78, 5) is 0. The highest BCUT2D eigenvalue weighted by Crippen LogP contribution is 2.57. The standard InChI is InChI=1S/C25H29N5O3/c1-32-22-10-17(15-26-24-11-18-9-19(12-24)14-25(31,13-18)16-24)7-8-21(22)33-23-27-28-29-30(23)20-5-3-2-4-6-20/h2-8,10,18-19,26,31H,9,11-16H2,1H3. The van der Waals surface area contributed by atoms with Crippen molar-refractivity contribution in [3.05, 3.63) is 54.1 Å². The third-order valence-corrected chi connectivity index (χ3v) is 7.57. The molecule has 4 bridgehead atoms. The minimum absolute atomic E-state index is 0.0546.